The molecular formula is C12H18N2O4S. The van der Waals surface area contributed by atoms with Gasteiger partial charge in [-0.25, -0.2) is 13.6 Å². The zero-order chi connectivity index (χ0) is 14.5. The van der Waals surface area contributed by atoms with E-state index in [4.69, 9.17) is 9.88 Å². The second-order valence-electron chi connectivity index (χ2n) is 3.99. The number of nitrogens with two attached hydrogens (primary N) is 1. The lowest BCUT2D eigenvalue weighted by molar-refractivity contribution is -0.142. The first-order valence-electron chi connectivity index (χ1n) is 5.85. The summed E-state index contributed by atoms with van der Waals surface area (Å²) in [5.74, 6) is -0.317. The molecule has 2 N–H and O–H groups in total. The van der Waals surface area contributed by atoms with Crippen LogP contribution in [0.3, 0.4) is 0 Å². The van der Waals surface area contributed by atoms with Crippen molar-refractivity contribution in [2.45, 2.75) is 18.2 Å². The molecule has 0 heterocycles. The molecule has 0 saturated carbocycles. The second-order valence-corrected chi connectivity index (χ2v) is 5.52. The van der Waals surface area contributed by atoms with E-state index in [9.17, 15) is 13.2 Å². The van der Waals surface area contributed by atoms with Crippen LogP contribution in [0.25, 0.3) is 0 Å². The minimum atomic E-state index is -3.79. The molecule has 1 aromatic rings. The highest BCUT2D eigenvalue weighted by atomic mass is 32.2. The Morgan fingerprint density at radius 1 is 1.37 bits per heavy atom. The van der Waals surface area contributed by atoms with Crippen LogP contribution in [-0.2, 0) is 19.6 Å². The first-order chi connectivity index (χ1) is 8.86. The third-order valence-corrected chi connectivity index (χ3v) is 3.50. The van der Waals surface area contributed by atoms with E-state index in [0.717, 1.165) is 0 Å². The molecule has 0 aliphatic carbocycles. The summed E-state index contributed by atoms with van der Waals surface area (Å²) >= 11 is 0. The SMILES string of the molecule is CCOC(=O)CCN(C)c1ccccc1S(N)(=O)=O. The fourth-order valence-electron chi connectivity index (χ4n) is 1.63. The summed E-state index contributed by atoms with van der Waals surface area (Å²) in [6.07, 6.45) is 0.184. The molecule has 1 aromatic carbocycles. The maximum absolute atomic E-state index is 11.5. The molecule has 0 unspecified atom stereocenters. The fourth-order valence-corrected chi connectivity index (χ4v) is 2.41. The minimum absolute atomic E-state index is 0.0429. The van der Waals surface area contributed by atoms with Gasteiger partial charge in [0.2, 0.25) is 10.0 Å². The van der Waals surface area contributed by atoms with E-state index in [1.54, 1.807) is 37.1 Å². The first-order valence-corrected chi connectivity index (χ1v) is 7.39. The summed E-state index contributed by atoms with van der Waals surface area (Å²) < 4.78 is 27.7. The number of primary sulfonamides is 1. The number of hydrogen-bond donors (Lipinski definition) is 1. The minimum Gasteiger partial charge on any atom is -0.466 e. The van der Waals surface area contributed by atoms with Crippen LogP contribution in [0.15, 0.2) is 29.2 Å². The van der Waals surface area contributed by atoms with E-state index >= 15 is 0 Å². The number of hydrogen-bond acceptors (Lipinski definition) is 5. The number of sulfonamides is 1. The predicted octanol–water partition coefficient (Wildman–Crippen LogP) is 0.723. The van der Waals surface area contributed by atoms with Crippen LogP contribution < -0.4 is 10.0 Å². The Morgan fingerprint density at radius 2 is 2.00 bits per heavy atom. The van der Waals surface area contributed by atoms with Gasteiger partial charge in [-0.05, 0) is 19.1 Å². The number of nitrogens with zero attached hydrogens (tertiary/aromatic N) is 1. The van der Waals surface area contributed by atoms with Gasteiger partial charge < -0.3 is 9.64 Å². The predicted molar refractivity (Wildman–Crippen MR) is 72.3 cm³/mol. The highest BCUT2D eigenvalue weighted by molar-refractivity contribution is 7.89. The van der Waals surface area contributed by atoms with Gasteiger partial charge in [-0.2, -0.15) is 0 Å². The third kappa shape index (κ3) is 4.53. The average Bonchev–Trinajstić information content (AvgIpc) is 2.35. The summed E-state index contributed by atoms with van der Waals surface area (Å²) in [5, 5.41) is 5.15. The van der Waals surface area contributed by atoms with Gasteiger partial charge in [-0.1, -0.05) is 12.1 Å². The normalized spacial score (nSPS) is 11.1. The molecule has 19 heavy (non-hydrogen) atoms. The summed E-state index contributed by atoms with van der Waals surface area (Å²) in [6, 6.07) is 6.39. The number of esters is 1. The molecule has 1 rings (SSSR count). The maximum atomic E-state index is 11.5. The van der Waals surface area contributed by atoms with Gasteiger partial charge in [-0.15, -0.1) is 0 Å². The number of para-hydroxylation sites is 1. The molecule has 0 bridgehead atoms. The van der Waals surface area contributed by atoms with Crippen LogP contribution >= 0.6 is 0 Å². The van der Waals surface area contributed by atoms with Crippen LogP contribution in [-0.4, -0.2) is 34.6 Å². The van der Waals surface area contributed by atoms with Gasteiger partial charge in [0, 0.05) is 13.6 Å². The molecule has 0 spiro atoms. The Balaban J connectivity index is 2.83. The molecule has 7 heteroatoms. The number of anilines is 1. The fraction of sp³-hybridized carbons (Fsp3) is 0.417. The van der Waals surface area contributed by atoms with Crippen molar-refractivity contribution in [3.05, 3.63) is 24.3 Å². The smallest absolute Gasteiger partial charge is 0.307 e. The van der Waals surface area contributed by atoms with Crippen molar-refractivity contribution in [3.63, 3.8) is 0 Å². The molecule has 6 nitrogen and oxygen atoms in total. The summed E-state index contributed by atoms with van der Waals surface area (Å²) in [5.41, 5.74) is 0.467. The van der Waals surface area contributed by atoms with Crippen LogP contribution in [0, 0.1) is 0 Å². The molecule has 0 radical (unpaired) electrons. The second kappa shape index (κ2) is 6.53. The first kappa shape index (κ1) is 15.5. The number of rotatable bonds is 6. The summed E-state index contributed by atoms with van der Waals surface area (Å²) in [6.45, 7) is 2.42. The zero-order valence-corrected chi connectivity index (χ0v) is 11.8. The molecule has 0 aromatic heterocycles. The highest BCUT2D eigenvalue weighted by Crippen LogP contribution is 2.22. The molecule has 0 amide bonds. The molecule has 0 fully saturated rings. The lowest BCUT2D eigenvalue weighted by atomic mass is 10.3. The molecular weight excluding hydrogens is 268 g/mol. The van der Waals surface area contributed by atoms with Gasteiger partial charge in [0.05, 0.1) is 18.7 Å². The van der Waals surface area contributed by atoms with Gasteiger partial charge in [0.15, 0.2) is 0 Å². The number of carbonyl (C=O) groups excluding carboxylic acids is 1. The lowest BCUT2D eigenvalue weighted by Crippen LogP contribution is -2.25. The van der Waals surface area contributed by atoms with Crippen LogP contribution in [0.5, 0.6) is 0 Å². The standard InChI is InChI=1S/C12H18N2O4S/c1-3-18-12(15)8-9-14(2)10-6-4-5-7-11(10)19(13,16)17/h4-7H,3,8-9H2,1-2H3,(H2,13,16,17). The highest BCUT2D eigenvalue weighted by Gasteiger charge is 2.16. The van der Waals surface area contributed by atoms with Gasteiger partial charge >= 0.3 is 5.97 Å². The van der Waals surface area contributed by atoms with Gasteiger partial charge in [0.25, 0.3) is 0 Å². The molecule has 0 aliphatic heterocycles. The van der Waals surface area contributed by atoms with Crippen molar-refractivity contribution >= 4 is 21.7 Å². The van der Waals surface area contributed by atoms with E-state index in [2.05, 4.69) is 0 Å². The zero-order valence-electron chi connectivity index (χ0n) is 11.0. The van der Waals surface area contributed by atoms with Crippen molar-refractivity contribution < 1.29 is 17.9 Å². The molecule has 106 valence electrons. The molecule has 0 saturated heterocycles. The number of benzene rings is 1. The summed E-state index contributed by atoms with van der Waals surface area (Å²) in [4.78, 5) is 13.0. The van der Waals surface area contributed by atoms with Crippen molar-refractivity contribution in [2.24, 2.45) is 5.14 Å². The van der Waals surface area contributed by atoms with Gasteiger partial charge in [-0.3, -0.25) is 4.79 Å². The number of carbonyl (C=O) groups is 1. The van der Waals surface area contributed by atoms with Crippen molar-refractivity contribution in [2.75, 3.05) is 25.1 Å². The van der Waals surface area contributed by atoms with Crippen molar-refractivity contribution in [3.8, 4) is 0 Å². The average molecular weight is 286 g/mol. The van der Waals surface area contributed by atoms with Crippen molar-refractivity contribution in [1.29, 1.82) is 0 Å². The van der Waals surface area contributed by atoms with E-state index in [1.165, 1.54) is 6.07 Å². The van der Waals surface area contributed by atoms with Crippen LogP contribution in [0.4, 0.5) is 5.69 Å². The Kier molecular flexibility index (Phi) is 5.31. The monoisotopic (exact) mass is 286 g/mol. The Labute approximate surface area is 113 Å². The van der Waals surface area contributed by atoms with Crippen molar-refractivity contribution in [1.82, 2.24) is 0 Å². The van der Waals surface area contributed by atoms with Crippen LogP contribution in [0.2, 0.25) is 0 Å². The quantitative estimate of drug-likeness (QED) is 0.778. The lowest BCUT2D eigenvalue weighted by Gasteiger charge is -2.21. The molecule has 0 aliphatic rings. The third-order valence-electron chi connectivity index (χ3n) is 2.54. The summed E-state index contributed by atoms with van der Waals surface area (Å²) in [7, 11) is -2.09. The maximum Gasteiger partial charge on any atom is 0.307 e. The Bertz CT molecular complexity index is 542. The Hall–Kier alpha value is -1.60. The topological polar surface area (TPSA) is 89.7 Å². The van der Waals surface area contributed by atoms with E-state index < -0.39 is 10.0 Å². The van der Waals surface area contributed by atoms with Crippen LogP contribution in [0.1, 0.15) is 13.3 Å². The Morgan fingerprint density at radius 3 is 2.58 bits per heavy atom. The van der Waals surface area contributed by atoms with E-state index in [-0.39, 0.29) is 17.3 Å². The molecule has 0 atom stereocenters. The van der Waals surface area contributed by atoms with Gasteiger partial charge in [0.1, 0.15) is 4.90 Å². The largest absolute Gasteiger partial charge is 0.466 e. The van der Waals surface area contributed by atoms with E-state index in [0.29, 0.717) is 18.8 Å². The number of ether oxygens (including phenoxy) is 1. The van der Waals surface area contributed by atoms with E-state index in [1.807, 2.05) is 0 Å².